The molecule has 3 rings (SSSR count). The highest BCUT2D eigenvalue weighted by atomic mass is 35.5. The molecule has 27 heavy (non-hydrogen) atoms. The first-order valence-electron chi connectivity index (χ1n) is 8.64. The molecule has 0 saturated heterocycles. The summed E-state index contributed by atoms with van der Waals surface area (Å²) in [5.74, 6) is 0.0641. The maximum absolute atomic E-state index is 12.9. The molecule has 0 bridgehead atoms. The number of thioether (sulfide) groups is 1. The van der Waals surface area contributed by atoms with Gasteiger partial charge in [0.25, 0.3) is 5.91 Å². The summed E-state index contributed by atoms with van der Waals surface area (Å²) < 4.78 is 4.87. The van der Waals surface area contributed by atoms with Crippen LogP contribution in [-0.2, 0) is 16.0 Å². The second-order valence-electron chi connectivity index (χ2n) is 6.35. The van der Waals surface area contributed by atoms with Gasteiger partial charge in [0, 0.05) is 22.4 Å². The van der Waals surface area contributed by atoms with Crippen LogP contribution in [0, 0.1) is 0 Å². The number of esters is 1. The second-order valence-corrected chi connectivity index (χ2v) is 7.89. The Balaban J connectivity index is 1.82. The van der Waals surface area contributed by atoms with Crippen LogP contribution in [0.2, 0.25) is 5.02 Å². The number of ether oxygens (including phenoxy) is 1. The third-order valence-electron chi connectivity index (χ3n) is 4.51. The van der Waals surface area contributed by atoms with Gasteiger partial charge in [-0.3, -0.25) is 4.79 Å². The molecule has 5 nitrogen and oxygen atoms in total. The first kappa shape index (κ1) is 19.7. The Hall–Kier alpha value is -2.02. The van der Waals surface area contributed by atoms with Gasteiger partial charge in [-0.1, -0.05) is 35.9 Å². The van der Waals surface area contributed by atoms with Crippen molar-refractivity contribution in [2.24, 2.45) is 5.73 Å². The number of hydrogen-bond acceptors (Lipinski definition) is 5. The zero-order valence-electron chi connectivity index (χ0n) is 14.9. The number of carbonyl (C=O) groups is 2. The van der Waals surface area contributed by atoms with Crippen molar-refractivity contribution in [3.05, 3.63) is 64.2 Å². The van der Waals surface area contributed by atoms with Gasteiger partial charge in [0.05, 0.1) is 12.7 Å². The third kappa shape index (κ3) is 4.64. The first-order valence-corrected chi connectivity index (χ1v) is 10.0. The smallest absolute Gasteiger partial charge is 0.328 e. The molecule has 2 unspecified atom stereocenters. The number of halogens is 1. The van der Waals surface area contributed by atoms with E-state index < -0.39 is 12.0 Å². The Morgan fingerprint density at radius 3 is 2.74 bits per heavy atom. The second kappa shape index (κ2) is 8.78. The molecule has 2 aromatic carbocycles. The SMILES string of the molecule is COC(=O)C(Cc1ccc(Cl)cc1)NC(=O)c1cccc2c1SCCC2N. The molecule has 0 radical (unpaired) electrons. The van der Waals surface area contributed by atoms with Gasteiger partial charge >= 0.3 is 5.97 Å². The summed E-state index contributed by atoms with van der Waals surface area (Å²) in [5, 5.41) is 3.42. The molecule has 0 spiro atoms. The van der Waals surface area contributed by atoms with Gasteiger partial charge in [0.2, 0.25) is 0 Å². The maximum Gasteiger partial charge on any atom is 0.328 e. The highest BCUT2D eigenvalue weighted by Gasteiger charge is 2.26. The standard InChI is InChI=1S/C20H21ClN2O3S/c1-26-20(25)17(11-12-5-7-13(21)8-6-12)23-19(24)15-4-2-3-14-16(22)9-10-27-18(14)15/h2-8,16-17H,9-11,22H2,1H3,(H,23,24). The topological polar surface area (TPSA) is 81.4 Å². The lowest BCUT2D eigenvalue weighted by molar-refractivity contribution is -0.142. The Labute approximate surface area is 167 Å². The fraction of sp³-hybridized carbons (Fsp3) is 0.300. The maximum atomic E-state index is 12.9. The fourth-order valence-electron chi connectivity index (χ4n) is 3.06. The molecular weight excluding hydrogens is 384 g/mol. The van der Waals surface area contributed by atoms with E-state index in [1.54, 1.807) is 30.0 Å². The summed E-state index contributed by atoms with van der Waals surface area (Å²) in [6, 6.07) is 11.8. The molecular formula is C20H21ClN2O3S. The zero-order valence-corrected chi connectivity index (χ0v) is 16.5. The van der Waals surface area contributed by atoms with Crippen LogP contribution in [0.15, 0.2) is 47.4 Å². The Morgan fingerprint density at radius 1 is 1.30 bits per heavy atom. The van der Waals surface area contributed by atoms with Crippen LogP contribution in [0.25, 0.3) is 0 Å². The molecule has 1 aliphatic rings. The Bertz CT molecular complexity index is 842. The van der Waals surface area contributed by atoms with Gasteiger partial charge in [0.1, 0.15) is 6.04 Å². The summed E-state index contributed by atoms with van der Waals surface area (Å²) in [5.41, 5.74) is 8.56. The fourth-order valence-corrected chi connectivity index (χ4v) is 4.46. The van der Waals surface area contributed by atoms with Crippen LogP contribution in [0.4, 0.5) is 0 Å². The van der Waals surface area contributed by atoms with Crippen molar-refractivity contribution in [2.75, 3.05) is 12.9 Å². The lowest BCUT2D eigenvalue weighted by atomic mass is 10.0. The molecule has 1 aliphatic heterocycles. The van der Waals surface area contributed by atoms with E-state index in [4.69, 9.17) is 22.1 Å². The average molecular weight is 405 g/mol. The molecule has 2 atom stereocenters. The van der Waals surface area contributed by atoms with Gasteiger partial charge < -0.3 is 15.8 Å². The average Bonchev–Trinajstić information content (AvgIpc) is 2.68. The van der Waals surface area contributed by atoms with Crippen molar-refractivity contribution in [3.63, 3.8) is 0 Å². The van der Waals surface area contributed by atoms with E-state index in [0.29, 0.717) is 17.0 Å². The van der Waals surface area contributed by atoms with Crippen molar-refractivity contribution in [2.45, 2.75) is 29.8 Å². The van der Waals surface area contributed by atoms with E-state index in [-0.39, 0.29) is 11.9 Å². The van der Waals surface area contributed by atoms with E-state index in [1.165, 1.54) is 7.11 Å². The van der Waals surface area contributed by atoms with Crippen LogP contribution in [0.5, 0.6) is 0 Å². The van der Waals surface area contributed by atoms with Gasteiger partial charge in [0.15, 0.2) is 0 Å². The lowest BCUT2D eigenvalue weighted by Gasteiger charge is -2.24. The number of benzene rings is 2. The number of hydrogen-bond donors (Lipinski definition) is 2. The summed E-state index contributed by atoms with van der Waals surface area (Å²) in [6.45, 7) is 0. The quantitative estimate of drug-likeness (QED) is 0.747. The van der Waals surface area contributed by atoms with E-state index in [9.17, 15) is 9.59 Å². The Morgan fingerprint density at radius 2 is 2.04 bits per heavy atom. The monoisotopic (exact) mass is 404 g/mol. The minimum atomic E-state index is -0.790. The molecule has 0 aromatic heterocycles. The summed E-state index contributed by atoms with van der Waals surface area (Å²) >= 11 is 7.53. The molecule has 0 aliphatic carbocycles. The van der Waals surface area contributed by atoms with Gasteiger partial charge in [-0.2, -0.15) is 0 Å². The summed E-state index contributed by atoms with van der Waals surface area (Å²) in [6.07, 6.45) is 1.20. The highest BCUT2D eigenvalue weighted by Crippen LogP contribution is 2.37. The van der Waals surface area contributed by atoms with Crippen LogP contribution in [0.1, 0.15) is 33.9 Å². The number of methoxy groups -OCH3 is 1. The third-order valence-corrected chi connectivity index (χ3v) is 5.95. The molecule has 142 valence electrons. The highest BCUT2D eigenvalue weighted by molar-refractivity contribution is 7.99. The summed E-state index contributed by atoms with van der Waals surface area (Å²) in [7, 11) is 1.31. The molecule has 7 heteroatoms. The van der Waals surface area contributed by atoms with Crippen LogP contribution >= 0.6 is 23.4 Å². The van der Waals surface area contributed by atoms with Crippen molar-refractivity contribution in [3.8, 4) is 0 Å². The molecule has 0 saturated carbocycles. The molecule has 3 N–H and O–H groups in total. The lowest BCUT2D eigenvalue weighted by Crippen LogP contribution is -2.43. The van der Waals surface area contributed by atoms with Crippen LogP contribution in [-0.4, -0.2) is 30.8 Å². The molecule has 0 fully saturated rings. The minimum absolute atomic E-state index is 0.0699. The summed E-state index contributed by atoms with van der Waals surface area (Å²) in [4.78, 5) is 26.0. The number of nitrogens with two attached hydrogens (primary N) is 1. The predicted molar refractivity (Wildman–Crippen MR) is 107 cm³/mol. The number of rotatable bonds is 5. The molecule has 1 heterocycles. The van der Waals surface area contributed by atoms with Gasteiger partial charge in [-0.15, -0.1) is 11.8 Å². The number of carbonyl (C=O) groups excluding carboxylic acids is 2. The van der Waals surface area contributed by atoms with Crippen LogP contribution in [0.3, 0.4) is 0 Å². The first-order chi connectivity index (χ1) is 13.0. The van der Waals surface area contributed by atoms with Crippen molar-refractivity contribution >= 4 is 35.2 Å². The number of amides is 1. The van der Waals surface area contributed by atoms with E-state index >= 15 is 0 Å². The van der Waals surface area contributed by atoms with Crippen molar-refractivity contribution in [1.29, 1.82) is 0 Å². The van der Waals surface area contributed by atoms with Gasteiger partial charge in [-0.25, -0.2) is 4.79 Å². The molecule has 1 amide bonds. The molecule has 2 aromatic rings. The predicted octanol–water partition coefficient (Wildman–Crippen LogP) is 3.35. The Kier molecular flexibility index (Phi) is 6.42. The zero-order chi connectivity index (χ0) is 19.4. The van der Waals surface area contributed by atoms with E-state index in [1.807, 2.05) is 24.3 Å². The minimum Gasteiger partial charge on any atom is -0.467 e. The van der Waals surface area contributed by atoms with E-state index in [2.05, 4.69) is 5.32 Å². The van der Waals surface area contributed by atoms with Gasteiger partial charge in [-0.05, 0) is 41.5 Å². The number of nitrogens with one attached hydrogen (secondary N) is 1. The van der Waals surface area contributed by atoms with Crippen molar-refractivity contribution in [1.82, 2.24) is 5.32 Å². The largest absolute Gasteiger partial charge is 0.467 e. The van der Waals surface area contributed by atoms with Crippen LogP contribution < -0.4 is 11.1 Å². The normalized spacial score (nSPS) is 16.9. The number of fused-ring (bicyclic) bond motifs is 1. The van der Waals surface area contributed by atoms with Crippen molar-refractivity contribution < 1.29 is 14.3 Å². The van der Waals surface area contributed by atoms with E-state index in [0.717, 1.165) is 28.2 Å².